The smallest absolute Gasteiger partial charge is 0.311 e. The number of benzene rings is 2. The van der Waals surface area contributed by atoms with Gasteiger partial charge in [0.25, 0.3) is 5.91 Å². The number of carbonyl (C=O) groups is 2. The zero-order chi connectivity index (χ0) is 22.0. The molecule has 7 heteroatoms. The number of esters is 1. The fourth-order valence-corrected chi connectivity index (χ4v) is 4.77. The highest BCUT2D eigenvalue weighted by Gasteiger charge is 2.37. The minimum Gasteiger partial charge on any atom is -0.493 e. The minimum absolute atomic E-state index is 0.0822. The summed E-state index contributed by atoms with van der Waals surface area (Å²) in [4.78, 5) is 28.4. The number of hydrogen-bond donors (Lipinski definition) is 1. The number of carbonyl (C=O) groups excluding carboxylic acids is 2. The van der Waals surface area contributed by atoms with E-state index in [9.17, 15) is 9.59 Å². The Kier molecular flexibility index (Phi) is 6.13. The second-order valence-electron chi connectivity index (χ2n) is 8.00. The lowest BCUT2D eigenvalue weighted by molar-refractivity contribution is -0.925. The SMILES string of the molecule is COC(=O)C[C@H]1c2cc(OC)c(OC)cc2CC[NH+]1CC(=O)N1CCc2ccccc21. The molecule has 1 N–H and O–H groups in total. The molecule has 1 unspecified atom stereocenters. The molecule has 0 saturated heterocycles. The van der Waals surface area contributed by atoms with E-state index >= 15 is 0 Å². The summed E-state index contributed by atoms with van der Waals surface area (Å²) in [6.45, 7) is 1.78. The van der Waals surface area contributed by atoms with Crippen LogP contribution in [0, 0.1) is 0 Å². The molecule has 2 aromatic rings. The number of amides is 1. The molecule has 0 bridgehead atoms. The summed E-state index contributed by atoms with van der Waals surface area (Å²) in [5.74, 6) is 1.09. The number of methoxy groups -OCH3 is 3. The summed E-state index contributed by atoms with van der Waals surface area (Å²) < 4.78 is 15.9. The van der Waals surface area contributed by atoms with Gasteiger partial charge in [-0.05, 0) is 35.7 Å². The molecule has 0 saturated carbocycles. The molecule has 0 aliphatic carbocycles. The summed E-state index contributed by atoms with van der Waals surface area (Å²) in [6, 6.07) is 11.8. The maximum atomic E-state index is 13.3. The van der Waals surface area contributed by atoms with Gasteiger partial charge in [0.1, 0.15) is 12.5 Å². The third-order valence-corrected chi connectivity index (χ3v) is 6.39. The standard InChI is InChI=1S/C24H28N2O5/c1-29-21-12-17-8-10-25(20(14-24(28)31-3)18(17)13-22(21)30-2)15-23(27)26-11-9-16-6-4-5-7-19(16)26/h4-7,12-13,20H,8-11,14-15H2,1-3H3/p+1/t20-/m0/s1. The fourth-order valence-electron chi connectivity index (χ4n) is 4.77. The van der Waals surface area contributed by atoms with Gasteiger partial charge in [0.2, 0.25) is 0 Å². The average Bonchev–Trinajstić information content (AvgIpc) is 3.23. The van der Waals surface area contributed by atoms with Gasteiger partial charge in [0.05, 0.1) is 27.9 Å². The number of para-hydroxylation sites is 1. The van der Waals surface area contributed by atoms with Gasteiger partial charge in [0.15, 0.2) is 18.0 Å². The van der Waals surface area contributed by atoms with Crippen molar-refractivity contribution in [3.8, 4) is 11.5 Å². The first-order valence-corrected chi connectivity index (χ1v) is 10.6. The second-order valence-corrected chi connectivity index (χ2v) is 8.00. The molecular weight excluding hydrogens is 396 g/mol. The molecular formula is C24H29N2O5+. The number of quaternary nitrogens is 1. The largest absolute Gasteiger partial charge is 0.493 e. The quantitative estimate of drug-likeness (QED) is 0.708. The van der Waals surface area contributed by atoms with Gasteiger partial charge in [-0.3, -0.25) is 9.59 Å². The highest BCUT2D eigenvalue weighted by atomic mass is 16.5. The van der Waals surface area contributed by atoms with E-state index in [1.165, 1.54) is 12.7 Å². The van der Waals surface area contributed by atoms with E-state index in [1.54, 1.807) is 14.2 Å². The van der Waals surface area contributed by atoms with Crippen LogP contribution in [0.4, 0.5) is 5.69 Å². The topological polar surface area (TPSA) is 69.5 Å². The summed E-state index contributed by atoms with van der Waals surface area (Å²) in [6.07, 6.45) is 1.88. The molecule has 2 heterocycles. The van der Waals surface area contributed by atoms with Crippen LogP contribution in [0.5, 0.6) is 11.5 Å². The summed E-state index contributed by atoms with van der Waals surface area (Å²) >= 11 is 0. The maximum Gasteiger partial charge on any atom is 0.311 e. The van der Waals surface area contributed by atoms with E-state index in [4.69, 9.17) is 14.2 Å². The monoisotopic (exact) mass is 425 g/mol. The van der Waals surface area contributed by atoms with Crippen molar-refractivity contribution in [1.29, 1.82) is 0 Å². The van der Waals surface area contributed by atoms with Crippen LogP contribution in [0.15, 0.2) is 36.4 Å². The average molecular weight is 426 g/mol. The number of nitrogens with zero attached hydrogens (tertiary/aromatic N) is 1. The van der Waals surface area contributed by atoms with Crippen LogP contribution in [0.3, 0.4) is 0 Å². The Balaban J connectivity index is 1.61. The Hall–Kier alpha value is -3.06. The van der Waals surface area contributed by atoms with Crippen LogP contribution in [-0.2, 0) is 27.2 Å². The number of ether oxygens (including phenoxy) is 3. The predicted molar refractivity (Wildman–Crippen MR) is 116 cm³/mol. The Morgan fingerprint density at radius 2 is 1.77 bits per heavy atom. The van der Waals surface area contributed by atoms with Gasteiger partial charge in [-0.15, -0.1) is 0 Å². The number of fused-ring (bicyclic) bond motifs is 2. The number of nitrogens with one attached hydrogen (secondary N) is 1. The van der Waals surface area contributed by atoms with Crippen LogP contribution in [0.25, 0.3) is 0 Å². The van der Waals surface area contributed by atoms with Crippen LogP contribution >= 0.6 is 0 Å². The van der Waals surface area contributed by atoms with Crippen LogP contribution in [0.1, 0.15) is 29.2 Å². The van der Waals surface area contributed by atoms with Crippen LogP contribution in [0.2, 0.25) is 0 Å². The van der Waals surface area contributed by atoms with Crippen LogP contribution < -0.4 is 19.3 Å². The molecule has 0 aromatic heterocycles. The van der Waals surface area contributed by atoms with Gasteiger partial charge in [0, 0.05) is 24.2 Å². The minimum atomic E-state index is -0.288. The summed E-state index contributed by atoms with van der Waals surface area (Å²) in [5, 5.41) is 0. The van der Waals surface area contributed by atoms with Crippen molar-refractivity contribution in [2.45, 2.75) is 25.3 Å². The molecule has 0 fully saturated rings. The Labute approximate surface area is 182 Å². The zero-order valence-corrected chi connectivity index (χ0v) is 18.3. The normalized spacial score (nSPS) is 19.4. The van der Waals surface area contributed by atoms with Crippen molar-refractivity contribution in [3.05, 3.63) is 53.1 Å². The van der Waals surface area contributed by atoms with Crippen molar-refractivity contribution < 1.29 is 28.7 Å². The Morgan fingerprint density at radius 3 is 2.52 bits per heavy atom. The van der Waals surface area contributed by atoms with Gasteiger partial charge < -0.3 is 24.0 Å². The molecule has 7 nitrogen and oxygen atoms in total. The van der Waals surface area contributed by atoms with E-state index in [2.05, 4.69) is 6.07 Å². The van der Waals surface area contributed by atoms with E-state index in [0.29, 0.717) is 24.6 Å². The van der Waals surface area contributed by atoms with Gasteiger partial charge in [-0.1, -0.05) is 18.2 Å². The molecule has 0 radical (unpaired) electrons. The lowest BCUT2D eigenvalue weighted by Gasteiger charge is -2.34. The van der Waals surface area contributed by atoms with E-state index in [0.717, 1.165) is 41.1 Å². The molecule has 1 amide bonds. The first-order valence-electron chi connectivity index (χ1n) is 10.6. The number of anilines is 1. The number of hydrogen-bond acceptors (Lipinski definition) is 5. The van der Waals surface area contributed by atoms with E-state index in [-0.39, 0.29) is 24.3 Å². The second kappa shape index (κ2) is 8.98. The fraction of sp³-hybridized carbons (Fsp3) is 0.417. The van der Waals surface area contributed by atoms with E-state index in [1.807, 2.05) is 35.2 Å². The van der Waals surface area contributed by atoms with Crippen molar-refractivity contribution >= 4 is 17.6 Å². The molecule has 2 atom stereocenters. The third kappa shape index (κ3) is 4.10. The van der Waals surface area contributed by atoms with Crippen molar-refractivity contribution in [1.82, 2.24) is 0 Å². The van der Waals surface area contributed by atoms with Gasteiger partial charge >= 0.3 is 5.97 Å². The Morgan fingerprint density at radius 1 is 1.03 bits per heavy atom. The molecule has 2 aliphatic heterocycles. The summed E-state index contributed by atoms with van der Waals surface area (Å²) in [7, 11) is 4.61. The first kappa shape index (κ1) is 21.2. The molecule has 2 aromatic carbocycles. The zero-order valence-electron chi connectivity index (χ0n) is 18.3. The highest BCUT2D eigenvalue weighted by Crippen LogP contribution is 2.35. The summed E-state index contributed by atoms with van der Waals surface area (Å²) in [5.41, 5.74) is 4.34. The lowest BCUT2D eigenvalue weighted by Crippen LogP contribution is -3.14. The highest BCUT2D eigenvalue weighted by molar-refractivity contribution is 5.96. The predicted octanol–water partition coefficient (Wildman–Crippen LogP) is 1.34. The van der Waals surface area contributed by atoms with Gasteiger partial charge in [-0.2, -0.15) is 0 Å². The lowest BCUT2D eigenvalue weighted by atomic mass is 9.90. The van der Waals surface area contributed by atoms with E-state index < -0.39 is 0 Å². The van der Waals surface area contributed by atoms with Crippen molar-refractivity contribution in [2.24, 2.45) is 0 Å². The Bertz CT molecular complexity index is 990. The van der Waals surface area contributed by atoms with Crippen molar-refractivity contribution in [2.75, 3.05) is 45.9 Å². The molecule has 2 aliphatic rings. The third-order valence-electron chi connectivity index (χ3n) is 6.39. The van der Waals surface area contributed by atoms with Crippen molar-refractivity contribution in [3.63, 3.8) is 0 Å². The molecule has 31 heavy (non-hydrogen) atoms. The number of rotatable bonds is 6. The molecule has 164 valence electrons. The maximum absolute atomic E-state index is 13.3. The first-order chi connectivity index (χ1) is 15.0. The molecule has 0 spiro atoms. The molecule has 4 rings (SSSR count). The van der Waals surface area contributed by atoms with Gasteiger partial charge in [-0.25, -0.2) is 0 Å². The van der Waals surface area contributed by atoms with Crippen LogP contribution in [-0.4, -0.2) is 52.8 Å².